The number of esters is 1. The normalized spacial score (nSPS) is 10.0. The lowest BCUT2D eigenvalue weighted by Gasteiger charge is -2.09. The van der Waals surface area contributed by atoms with Gasteiger partial charge in [0.1, 0.15) is 6.35 Å². The van der Waals surface area contributed by atoms with Gasteiger partial charge >= 0.3 is 5.97 Å². The Hall–Kier alpha value is -0.100. The first-order valence-corrected chi connectivity index (χ1v) is 4.44. The third-order valence-electron chi connectivity index (χ3n) is 1.54. The zero-order chi connectivity index (χ0) is 7.98. The van der Waals surface area contributed by atoms with Crippen LogP contribution in [-0.2, 0) is 9.53 Å². The Kier molecular flexibility index (Phi) is 5.61. The van der Waals surface area contributed by atoms with Gasteiger partial charge in [-0.05, 0) is 12.8 Å². The van der Waals surface area contributed by atoms with Crippen molar-refractivity contribution in [3.05, 3.63) is 0 Å². The van der Waals surface area contributed by atoms with Crippen LogP contribution >= 0.6 is 9.24 Å². The number of rotatable bonds is 4. The van der Waals surface area contributed by atoms with Gasteiger partial charge in [0.15, 0.2) is 0 Å². The number of carbonyl (C=O) groups excluding carboxylic acids is 1. The first-order chi connectivity index (χ1) is 4.76. The van der Waals surface area contributed by atoms with Crippen molar-refractivity contribution in [3.63, 3.8) is 0 Å². The van der Waals surface area contributed by atoms with Crippen LogP contribution in [0.3, 0.4) is 0 Å². The molecule has 0 amide bonds. The molecule has 0 aliphatic heterocycles. The minimum absolute atomic E-state index is 0.0694. The smallest absolute Gasteiger partial charge is 0.309 e. The average Bonchev–Trinajstić information content (AvgIpc) is 1.91. The summed E-state index contributed by atoms with van der Waals surface area (Å²) in [5.74, 6) is 0.0283. The van der Waals surface area contributed by atoms with Gasteiger partial charge in [0.25, 0.3) is 0 Å². The molecule has 0 aromatic rings. The van der Waals surface area contributed by atoms with Crippen LogP contribution in [0.15, 0.2) is 0 Å². The molecule has 1 atom stereocenters. The fraction of sp³-hybridized carbons (Fsp3) is 0.857. The van der Waals surface area contributed by atoms with Gasteiger partial charge in [0, 0.05) is 0 Å². The second-order valence-electron chi connectivity index (χ2n) is 2.14. The van der Waals surface area contributed by atoms with Crippen molar-refractivity contribution in [3.8, 4) is 0 Å². The number of hydrogen-bond donors (Lipinski definition) is 0. The maximum absolute atomic E-state index is 11.0. The van der Waals surface area contributed by atoms with E-state index in [1.54, 1.807) is 0 Å². The van der Waals surface area contributed by atoms with E-state index >= 15 is 0 Å². The molecule has 0 spiro atoms. The number of ether oxygens (including phenoxy) is 1. The number of carbonyl (C=O) groups is 1. The topological polar surface area (TPSA) is 26.3 Å². The molecule has 0 saturated carbocycles. The summed E-state index contributed by atoms with van der Waals surface area (Å²) in [5, 5.41) is 0. The van der Waals surface area contributed by atoms with Crippen LogP contribution in [-0.4, -0.2) is 12.3 Å². The quantitative estimate of drug-likeness (QED) is 0.465. The molecule has 1 unspecified atom stereocenters. The van der Waals surface area contributed by atoms with E-state index in [0.717, 1.165) is 12.8 Å². The second-order valence-corrected chi connectivity index (χ2v) is 2.48. The lowest BCUT2D eigenvalue weighted by Crippen LogP contribution is -2.15. The van der Waals surface area contributed by atoms with Crippen LogP contribution in [0.1, 0.15) is 26.7 Å². The average molecular weight is 162 g/mol. The van der Waals surface area contributed by atoms with E-state index in [2.05, 4.69) is 9.24 Å². The third-order valence-corrected chi connectivity index (χ3v) is 1.71. The van der Waals surface area contributed by atoms with E-state index in [0.29, 0.717) is 6.35 Å². The Morgan fingerprint density at radius 3 is 2.30 bits per heavy atom. The molecule has 0 aliphatic carbocycles. The molecule has 0 fully saturated rings. The number of hydrogen-bond acceptors (Lipinski definition) is 2. The molecule has 0 aromatic heterocycles. The zero-order valence-corrected chi connectivity index (χ0v) is 7.75. The van der Waals surface area contributed by atoms with Gasteiger partial charge in [-0.1, -0.05) is 23.1 Å². The van der Waals surface area contributed by atoms with Crippen LogP contribution in [0.2, 0.25) is 0 Å². The fourth-order valence-corrected chi connectivity index (χ4v) is 0.986. The lowest BCUT2D eigenvalue weighted by molar-refractivity contribution is -0.146. The molecule has 3 heteroatoms. The zero-order valence-electron chi connectivity index (χ0n) is 6.59. The maximum atomic E-state index is 11.0. The summed E-state index contributed by atoms with van der Waals surface area (Å²) >= 11 is 0. The van der Waals surface area contributed by atoms with Crippen molar-refractivity contribution in [2.45, 2.75) is 26.7 Å². The summed E-state index contributed by atoms with van der Waals surface area (Å²) in [6, 6.07) is 0. The molecular formula is C7H15O2P. The molecule has 10 heavy (non-hydrogen) atoms. The standard InChI is InChI=1S/C7H15O2P/c1-3-6(4-2)7(8)9-5-10/h6H,3-5,10H2,1-2H3. The highest BCUT2D eigenvalue weighted by molar-refractivity contribution is 7.16. The Morgan fingerprint density at radius 1 is 1.50 bits per heavy atom. The molecule has 0 bridgehead atoms. The van der Waals surface area contributed by atoms with E-state index in [-0.39, 0.29) is 11.9 Å². The van der Waals surface area contributed by atoms with Crippen LogP contribution < -0.4 is 0 Å². The van der Waals surface area contributed by atoms with Crippen molar-refractivity contribution in [1.82, 2.24) is 0 Å². The second kappa shape index (κ2) is 5.67. The van der Waals surface area contributed by atoms with Gasteiger partial charge in [-0.3, -0.25) is 4.79 Å². The predicted molar refractivity (Wildman–Crippen MR) is 44.7 cm³/mol. The molecule has 0 saturated heterocycles. The van der Waals surface area contributed by atoms with Crippen LogP contribution in [0, 0.1) is 5.92 Å². The Balaban J connectivity index is 3.65. The van der Waals surface area contributed by atoms with Gasteiger partial charge in [-0.15, -0.1) is 0 Å². The van der Waals surface area contributed by atoms with Crippen molar-refractivity contribution in [1.29, 1.82) is 0 Å². The monoisotopic (exact) mass is 162 g/mol. The minimum atomic E-state index is -0.0694. The molecule has 0 N–H and O–H groups in total. The predicted octanol–water partition coefficient (Wildman–Crippen LogP) is 1.80. The molecule has 2 nitrogen and oxygen atoms in total. The van der Waals surface area contributed by atoms with E-state index in [1.165, 1.54) is 0 Å². The van der Waals surface area contributed by atoms with Crippen molar-refractivity contribution in [2.24, 2.45) is 5.92 Å². The summed E-state index contributed by atoms with van der Waals surface area (Å²) in [6.45, 7) is 4.00. The van der Waals surface area contributed by atoms with Gasteiger partial charge in [0.05, 0.1) is 5.92 Å². The minimum Gasteiger partial charge on any atom is -0.461 e. The Bertz CT molecular complexity index is 99.8. The first kappa shape index (κ1) is 9.90. The first-order valence-electron chi connectivity index (χ1n) is 3.62. The Labute approximate surface area is 64.5 Å². The fourth-order valence-electron chi connectivity index (χ4n) is 0.822. The SMILES string of the molecule is CCC(CC)C(=O)OCP. The van der Waals surface area contributed by atoms with Crippen molar-refractivity contribution in [2.75, 3.05) is 6.35 Å². The summed E-state index contributed by atoms with van der Waals surface area (Å²) < 4.78 is 4.81. The van der Waals surface area contributed by atoms with Gasteiger partial charge in [0.2, 0.25) is 0 Å². The van der Waals surface area contributed by atoms with E-state index < -0.39 is 0 Å². The van der Waals surface area contributed by atoms with Gasteiger partial charge in [-0.25, -0.2) is 0 Å². The van der Waals surface area contributed by atoms with Crippen LogP contribution in [0.25, 0.3) is 0 Å². The highest BCUT2D eigenvalue weighted by Crippen LogP contribution is 2.09. The van der Waals surface area contributed by atoms with Crippen LogP contribution in [0.5, 0.6) is 0 Å². The van der Waals surface area contributed by atoms with Gasteiger partial charge < -0.3 is 4.74 Å². The lowest BCUT2D eigenvalue weighted by atomic mass is 10.0. The molecule has 0 heterocycles. The molecule has 0 radical (unpaired) electrons. The van der Waals surface area contributed by atoms with Crippen molar-refractivity contribution >= 4 is 15.2 Å². The Morgan fingerprint density at radius 2 is 2.00 bits per heavy atom. The summed E-state index contributed by atoms with van der Waals surface area (Å²) in [7, 11) is 2.37. The molecule has 0 aliphatic rings. The largest absolute Gasteiger partial charge is 0.461 e. The van der Waals surface area contributed by atoms with Crippen LogP contribution in [0.4, 0.5) is 0 Å². The summed E-state index contributed by atoms with van der Waals surface area (Å²) in [5.41, 5.74) is 0. The van der Waals surface area contributed by atoms with Gasteiger partial charge in [-0.2, -0.15) is 0 Å². The molecule has 60 valence electrons. The van der Waals surface area contributed by atoms with E-state index in [9.17, 15) is 4.79 Å². The van der Waals surface area contributed by atoms with Crippen molar-refractivity contribution < 1.29 is 9.53 Å². The molecule has 0 rings (SSSR count). The molecular weight excluding hydrogens is 147 g/mol. The summed E-state index contributed by atoms with van der Waals surface area (Å²) in [6.07, 6.45) is 2.16. The maximum Gasteiger partial charge on any atom is 0.309 e. The van der Waals surface area contributed by atoms with E-state index in [4.69, 9.17) is 4.74 Å². The summed E-state index contributed by atoms with van der Waals surface area (Å²) in [4.78, 5) is 11.0. The third kappa shape index (κ3) is 3.17. The van der Waals surface area contributed by atoms with E-state index in [1.807, 2.05) is 13.8 Å². The highest BCUT2D eigenvalue weighted by Gasteiger charge is 2.13. The highest BCUT2D eigenvalue weighted by atomic mass is 31.0. The molecule has 0 aromatic carbocycles.